The lowest BCUT2D eigenvalue weighted by Crippen LogP contribution is -2.25. The predicted molar refractivity (Wildman–Crippen MR) is 75.8 cm³/mol. The number of benzene rings is 2. The highest BCUT2D eigenvalue weighted by Gasteiger charge is 2.21. The quantitative estimate of drug-likeness (QED) is 0.859. The van der Waals surface area contributed by atoms with E-state index in [1.807, 2.05) is 0 Å². The highest BCUT2D eigenvalue weighted by Crippen LogP contribution is 2.23. The molecular weight excluding hydrogens is 273 g/mol. The summed E-state index contributed by atoms with van der Waals surface area (Å²) >= 11 is 0. The smallest absolute Gasteiger partial charge is 0.255 e. The van der Waals surface area contributed by atoms with Gasteiger partial charge in [0.25, 0.3) is 5.91 Å². The van der Waals surface area contributed by atoms with Crippen molar-refractivity contribution in [2.45, 2.75) is 13.0 Å². The van der Waals surface area contributed by atoms with Gasteiger partial charge in [-0.05, 0) is 19.1 Å². The SMILES string of the molecule is CC(Oc1cccc(F)c1C(N)=O)C(=O)c1ccccc1. The van der Waals surface area contributed by atoms with Crippen molar-refractivity contribution in [3.05, 3.63) is 65.5 Å². The fourth-order valence-corrected chi connectivity index (χ4v) is 1.92. The molecule has 0 aromatic heterocycles. The van der Waals surface area contributed by atoms with Gasteiger partial charge in [-0.1, -0.05) is 36.4 Å². The van der Waals surface area contributed by atoms with Gasteiger partial charge in [-0.15, -0.1) is 0 Å². The Labute approximate surface area is 121 Å². The van der Waals surface area contributed by atoms with Crippen molar-refractivity contribution >= 4 is 11.7 Å². The number of hydrogen-bond donors (Lipinski definition) is 1. The molecule has 1 atom stereocenters. The van der Waals surface area contributed by atoms with Gasteiger partial charge in [0, 0.05) is 5.56 Å². The summed E-state index contributed by atoms with van der Waals surface area (Å²) in [6.07, 6.45) is -0.868. The van der Waals surface area contributed by atoms with E-state index in [1.54, 1.807) is 30.3 Å². The Morgan fingerprint density at radius 2 is 1.76 bits per heavy atom. The molecule has 2 aromatic rings. The Kier molecular flexibility index (Phi) is 4.33. The lowest BCUT2D eigenvalue weighted by molar-refractivity contribution is 0.0809. The lowest BCUT2D eigenvalue weighted by atomic mass is 10.1. The minimum atomic E-state index is -0.942. The van der Waals surface area contributed by atoms with E-state index in [2.05, 4.69) is 0 Å². The molecule has 21 heavy (non-hydrogen) atoms. The van der Waals surface area contributed by atoms with Gasteiger partial charge in [-0.25, -0.2) is 4.39 Å². The molecule has 1 amide bonds. The summed E-state index contributed by atoms with van der Waals surface area (Å²) in [5, 5.41) is 0. The lowest BCUT2D eigenvalue weighted by Gasteiger charge is -2.16. The summed E-state index contributed by atoms with van der Waals surface area (Å²) < 4.78 is 19.0. The summed E-state index contributed by atoms with van der Waals surface area (Å²) in [7, 11) is 0. The molecule has 0 bridgehead atoms. The molecular formula is C16H14FNO3. The molecule has 5 heteroatoms. The van der Waals surface area contributed by atoms with Gasteiger partial charge < -0.3 is 10.5 Å². The van der Waals surface area contributed by atoms with E-state index >= 15 is 0 Å². The minimum Gasteiger partial charge on any atom is -0.482 e. The number of nitrogens with two attached hydrogens (primary N) is 1. The number of primary amides is 1. The zero-order chi connectivity index (χ0) is 15.4. The average molecular weight is 287 g/mol. The van der Waals surface area contributed by atoms with Crippen LogP contribution in [0.2, 0.25) is 0 Å². The number of ether oxygens (including phenoxy) is 1. The number of carbonyl (C=O) groups excluding carboxylic acids is 2. The van der Waals surface area contributed by atoms with E-state index in [0.717, 1.165) is 6.07 Å². The first-order chi connectivity index (χ1) is 10.0. The van der Waals surface area contributed by atoms with Crippen molar-refractivity contribution in [2.24, 2.45) is 5.73 Å². The average Bonchev–Trinajstić information content (AvgIpc) is 2.47. The zero-order valence-electron chi connectivity index (χ0n) is 11.4. The van der Waals surface area contributed by atoms with Crippen molar-refractivity contribution in [1.29, 1.82) is 0 Å². The second kappa shape index (κ2) is 6.17. The molecule has 0 spiro atoms. The Balaban J connectivity index is 2.24. The molecule has 2 N–H and O–H groups in total. The first-order valence-electron chi connectivity index (χ1n) is 6.35. The topological polar surface area (TPSA) is 69.4 Å². The number of amides is 1. The number of ketones is 1. The maximum atomic E-state index is 13.6. The van der Waals surface area contributed by atoms with Crippen LogP contribution in [0.5, 0.6) is 5.75 Å². The first kappa shape index (κ1) is 14.7. The summed E-state index contributed by atoms with van der Waals surface area (Å²) in [4.78, 5) is 23.5. The molecule has 4 nitrogen and oxygen atoms in total. The van der Waals surface area contributed by atoms with E-state index < -0.39 is 17.8 Å². The molecule has 2 rings (SSSR count). The van der Waals surface area contributed by atoms with Crippen molar-refractivity contribution in [3.63, 3.8) is 0 Å². The summed E-state index contributed by atoms with van der Waals surface area (Å²) in [5.74, 6) is -2.03. The van der Waals surface area contributed by atoms with Crippen LogP contribution in [0.3, 0.4) is 0 Å². The third-order valence-corrected chi connectivity index (χ3v) is 2.95. The number of rotatable bonds is 5. The van der Waals surface area contributed by atoms with Gasteiger partial charge in [-0.3, -0.25) is 9.59 Å². The van der Waals surface area contributed by atoms with Gasteiger partial charge in [0.05, 0.1) is 0 Å². The molecule has 108 valence electrons. The second-order valence-corrected chi connectivity index (χ2v) is 4.47. The third kappa shape index (κ3) is 3.25. The van der Waals surface area contributed by atoms with Crippen LogP contribution in [0, 0.1) is 5.82 Å². The maximum Gasteiger partial charge on any atom is 0.255 e. The van der Waals surface area contributed by atoms with E-state index in [1.165, 1.54) is 19.1 Å². The minimum absolute atomic E-state index is 0.0423. The van der Waals surface area contributed by atoms with E-state index in [-0.39, 0.29) is 17.1 Å². The van der Waals surface area contributed by atoms with Crippen molar-refractivity contribution in [2.75, 3.05) is 0 Å². The van der Waals surface area contributed by atoms with Crippen LogP contribution in [0.15, 0.2) is 48.5 Å². The molecule has 0 aliphatic heterocycles. The summed E-state index contributed by atoms with van der Waals surface area (Å²) in [6.45, 7) is 1.53. The first-order valence-corrected chi connectivity index (χ1v) is 6.35. The van der Waals surface area contributed by atoms with E-state index in [4.69, 9.17) is 10.5 Å². The van der Waals surface area contributed by atoms with Gasteiger partial charge in [0.1, 0.15) is 17.1 Å². The van der Waals surface area contributed by atoms with Gasteiger partial charge >= 0.3 is 0 Å². The molecule has 0 saturated heterocycles. The largest absolute Gasteiger partial charge is 0.482 e. The van der Waals surface area contributed by atoms with Crippen LogP contribution in [0.4, 0.5) is 4.39 Å². The Bertz CT molecular complexity index is 670. The van der Waals surface area contributed by atoms with Crippen LogP contribution in [-0.4, -0.2) is 17.8 Å². The second-order valence-electron chi connectivity index (χ2n) is 4.47. The Morgan fingerprint density at radius 3 is 2.38 bits per heavy atom. The van der Waals surface area contributed by atoms with Crippen molar-refractivity contribution in [3.8, 4) is 5.75 Å². The van der Waals surface area contributed by atoms with Gasteiger partial charge in [0.15, 0.2) is 6.10 Å². The number of carbonyl (C=O) groups is 2. The molecule has 0 aliphatic carbocycles. The fraction of sp³-hybridized carbons (Fsp3) is 0.125. The van der Waals surface area contributed by atoms with Crippen LogP contribution in [0.1, 0.15) is 27.6 Å². The number of hydrogen-bond acceptors (Lipinski definition) is 3. The fourth-order valence-electron chi connectivity index (χ4n) is 1.92. The van der Waals surface area contributed by atoms with Crippen LogP contribution in [0.25, 0.3) is 0 Å². The molecule has 0 heterocycles. The normalized spacial score (nSPS) is 11.7. The Morgan fingerprint density at radius 1 is 1.10 bits per heavy atom. The van der Waals surface area contributed by atoms with Gasteiger partial charge in [-0.2, -0.15) is 0 Å². The standard InChI is InChI=1S/C16H14FNO3/c1-10(15(19)11-6-3-2-4-7-11)21-13-9-5-8-12(17)14(13)16(18)20/h2-10H,1H3,(H2,18,20). The summed E-state index contributed by atoms with van der Waals surface area (Å²) in [5.41, 5.74) is 5.25. The van der Waals surface area contributed by atoms with Crippen LogP contribution < -0.4 is 10.5 Å². The van der Waals surface area contributed by atoms with Crippen molar-refractivity contribution < 1.29 is 18.7 Å². The van der Waals surface area contributed by atoms with Crippen molar-refractivity contribution in [1.82, 2.24) is 0 Å². The monoisotopic (exact) mass is 287 g/mol. The molecule has 0 saturated carbocycles. The molecule has 0 fully saturated rings. The molecule has 0 radical (unpaired) electrons. The maximum absolute atomic E-state index is 13.6. The molecule has 2 aromatic carbocycles. The third-order valence-electron chi connectivity index (χ3n) is 2.95. The molecule has 1 unspecified atom stereocenters. The van der Waals surface area contributed by atoms with E-state index in [0.29, 0.717) is 5.56 Å². The highest BCUT2D eigenvalue weighted by molar-refractivity contribution is 6.00. The predicted octanol–water partition coefficient (Wildman–Crippen LogP) is 2.57. The highest BCUT2D eigenvalue weighted by atomic mass is 19.1. The Hall–Kier alpha value is -2.69. The van der Waals surface area contributed by atoms with E-state index in [9.17, 15) is 14.0 Å². The number of Topliss-reactive ketones (excluding diaryl/α,β-unsaturated/α-hetero) is 1. The molecule has 0 aliphatic rings. The van der Waals surface area contributed by atoms with Crippen LogP contribution >= 0.6 is 0 Å². The number of halogens is 1. The van der Waals surface area contributed by atoms with Gasteiger partial charge in [0.2, 0.25) is 5.78 Å². The van der Waals surface area contributed by atoms with Crippen LogP contribution in [-0.2, 0) is 0 Å². The zero-order valence-corrected chi connectivity index (χ0v) is 11.4. The summed E-state index contributed by atoms with van der Waals surface area (Å²) in [6, 6.07) is 12.5.